The minimum absolute atomic E-state index is 0.00510. The number of carbonyl (C=O) groups excluding carboxylic acids is 4. The molecule has 0 fully saturated rings. The number of imide groups is 1. The van der Waals surface area contributed by atoms with Crippen molar-refractivity contribution in [3.63, 3.8) is 0 Å². The zero-order valence-electron chi connectivity index (χ0n) is 17.0. The molecule has 0 unspecified atom stereocenters. The van der Waals surface area contributed by atoms with Crippen LogP contribution in [-0.4, -0.2) is 35.1 Å². The quantitative estimate of drug-likeness (QED) is 0.154. The predicted octanol–water partition coefficient (Wildman–Crippen LogP) is 3.70. The molecule has 0 saturated carbocycles. The van der Waals surface area contributed by atoms with Gasteiger partial charge in [-0.2, -0.15) is 8.78 Å². The molecular formula is C22H11F5N2O5. The molecular weight excluding hydrogens is 467 g/mol. The summed E-state index contributed by atoms with van der Waals surface area (Å²) in [6, 6.07) is 7.22. The highest BCUT2D eigenvalue weighted by atomic mass is 19.2. The molecule has 3 aromatic rings. The van der Waals surface area contributed by atoms with E-state index in [2.05, 4.69) is 10.1 Å². The number of carbonyl (C=O) groups is 4. The summed E-state index contributed by atoms with van der Waals surface area (Å²) in [5.41, 5.74) is 0.157. The van der Waals surface area contributed by atoms with Crippen LogP contribution in [0, 0.1) is 29.1 Å². The van der Waals surface area contributed by atoms with E-state index in [4.69, 9.17) is 0 Å². The number of rotatable bonds is 4. The van der Waals surface area contributed by atoms with Crippen LogP contribution in [0.2, 0.25) is 0 Å². The van der Waals surface area contributed by atoms with Crippen LogP contribution >= 0.6 is 0 Å². The van der Waals surface area contributed by atoms with Gasteiger partial charge >= 0.3 is 5.97 Å². The molecule has 7 nitrogen and oxygen atoms in total. The lowest BCUT2D eigenvalue weighted by Crippen LogP contribution is -2.44. The van der Waals surface area contributed by atoms with E-state index < -0.39 is 65.1 Å². The van der Waals surface area contributed by atoms with Gasteiger partial charge in [-0.3, -0.25) is 19.3 Å². The molecule has 1 N–H and O–H groups in total. The first-order valence-corrected chi connectivity index (χ1v) is 9.44. The van der Waals surface area contributed by atoms with E-state index in [-0.39, 0.29) is 22.2 Å². The number of nitrogens with zero attached hydrogens (tertiary/aromatic N) is 1. The number of ether oxygens (including phenoxy) is 1. The highest BCUT2D eigenvalue weighted by Gasteiger charge is 2.36. The minimum atomic E-state index is -2.45. The van der Waals surface area contributed by atoms with Crippen molar-refractivity contribution in [3.05, 3.63) is 70.5 Å². The fraction of sp³-hybridized carbons (Fsp3) is 0.0909. The Morgan fingerprint density at radius 3 is 2.09 bits per heavy atom. The van der Waals surface area contributed by atoms with Crippen molar-refractivity contribution in [2.75, 3.05) is 11.9 Å². The van der Waals surface area contributed by atoms with Gasteiger partial charge in [-0.1, -0.05) is 12.1 Å². The van der Waals surface area contributed by atoms with Crippen molar-refractivity contribution in [2.24, 2.45) is 0 Å². The predicted molar refractivity (Wildman–Crippen MR) is 105 cm³/mol. The van der Waals surface area contributed by atoms with E-state index in [0.717, 1.165) is 0 Å². The zero-order valence-corrected chi connectivity index (χ0v) is 17.0. The van der Waals surface area contributed by atoms with Gasteiger partial charge in [-0.15, -0.1) is 0 Å². The van der Waals surface area contributed by atoms with Crippen LogP contribution in [0.4, 0.5) is 27.6 Å². The molecule has 0 aromatic heterocycles. The van der Waals surface area contributed by atoms with Gasteiger partial charge < -0.3 is 10.1 Å². The molecule has 12 heteroatoms. The van der Waals surface area contributed by atoms with E-state index in [1.165, 1.54) is 31.2 Å². The summed E-state index contributed by atoms with van der Waals surface area (Å²) < 4.78 is 71.8. The highest BCUT2D eigenvalue weighted by molar-refractivity contribution is 6.26. The van der Waals surface area contributed by atoms with Crippen LogP contribution in [0.25, 0.3) is 10.8 Å². The number of hydrogen-bond donors (Lipinski definition) is 1. The van der Waals surface area contributed by atoms with Crippen molar-refractivity contribution < 1.29 is 45.9 Å². The van der Waals surface area contributed by atoms with Gasteiger partial charge in [-0.25, -0.2) is 18.0 Å². The SMILES string of the molecule is CC(=O)Nc1cc2c3c(cccc3c1)C(=O)N(CC(=O)Oc1c(F)c(F)c(F)c(F)c1F)C2=O. The fourth-order valence-electron chi connectivity index (χ4n) is 3.53. The van der Waals surface area contributed by atoms with Crippen LogP contribution in [0.15, 0.2) is 30.3 Å². The third-order valence-electron chi connectivity index (χ3n) is 4.92. The highest BCUT2D eigenvalue weighted by Crippen LogP contribution is 2.33. The monoisotopic (exact) mass is 478 g/mol. The third kappa shape index (κ3) is 3.62. The average Bonchev–Trinajstić information content (AvgIpc) is 2.79. The summed E-state index contributed by atoms with van der Waals surface area (Å²) in [5.74, 6) is -17.8. The van der Waals surface area contributed by atoms with Crippen LogP contribution in [0.3, 0.4) is 0 Å². The molecule has 1 aliphatic rings. The Kier molecular flexibility index (Phi) is 5.51. The van der Waals surface area contributed by atoms with Crippen LogP contribution in [-0.2, 0) is 9.59 Å². The van der Waals surface area contributed by atoms with Crippen molar-refractivity contribution in [2.45, 2.75) is 6.92 Å². The molecule has 0 aliphatic carbocycles. The molecule has 174 valence electrons. The number of hydrogen-bond acceptors (Lipinski definition) is 5. The maximum Gasteiger partial charge on any atom is 0.331 e. The molecule has 0 spiro atoms. The van der Waals surface area contributed by atoms with E-state index in [0.29, 0.717) is 10.3 Å². The Morgan fingerprint density at radius 1 is 0.882 bits per heavy atom. The van der Waals surface area contributed by atoms with Gasteiger partial charge in [0.15, 0.2) is 0 Å². The second kappa shape index (κ2) is 8.21. The summed E-state index contributed by atoms with van der Waals surface area (Å²) in [6.45, 7) is 0.0382. The molecule has 4 rings (SSSR count). The number of amides is 3. The van der Waals surface area contributed by atoms with E-state index in [1.807, 2.05) is 0 Å². The molecule has 3 aromatic carbocycles. The Balaban J connectivity index is 1.69. The first-order chi connectivity index (χ1) is 16.0. The normalized spacial score (nSPS) is 12.8. The summed E-state index contributed by atoms with van der Waals surface area (Å²) in [4.78, 5) is 49.9. The van der Waals surface area contributed by atoms with Crippen molar-refractivity contribution in [3.8, 4) is 5.75 Å². The maximum absolute atomic E-state index is 13.8. The van der Waals surface area contributed by atoms with Crippen LogP contribution < -0.4 is 10.1 Å². The number of halogens is 5. The van der Waals surface area contributed by atoms with E-state index in [1.54, 1.807) is 6.07 Å². The fourth-order valence-corrected chi connectivity index (χ4v) is 3.53. The molecule has 0 saturated heterocycles. The first kappa shape index (κ1) is 22.8. The summed E-state index contributed by atoms with van der Waals surface area (Å²) in [6.07, 6.45) is 0. The first-order valence-electron chi connectivity index (χ1n) is 9.44. The lowest BCUT2D eigenvalue weighted by atomic mass is 9.93. The molecule has 0 radical (unpaired) electrons. The van der Waals surface area contributed by atoms with Gasteiger partial charge in [0, 0.05) is 23.6 Å². The number of esters is 1. The minimum Gasteiger partial charge on any atom is -0.419 e. The van der Waals surface area contributed by atoms with Gasteiger partial charge in [0.05, 0.1) is 5.56 Å². The second-order valence-electron chi connectivity index (χ2n) is 7.18. The van der Waals surface area contributed by atoms with Gasteiger partial charge in [0.1, 0.15) is 6.54 Å². The molecule has 1 aliphatic heterocycles. The Hall–Kier alpha value is -4.35. The largest absolute Gasteiger partial charge is 0.419 e. The topological polar surface area (TPSA) is 92.8 Å². The summed E-state index contributed by atoms with van der Waals surface area (Å²) in [5, 5.41) is 3.17. The number of nitrogens with one attached hydrogen (secondary N) is 1. The molecule has 1 heterocycles. The van der Waals surface area contributed by atoms with Crippen LogP contribution in [0.1, 0.15) is 27.6 Å². The number of benzene rings is 3. The Bertz CT molecular complexity index is 1410. The van der Waals surface area contributed by atoms with Gasteiger partial charge in [0.25, 0.3) is 11.8 Å². The van der Waals surface area contributed by atoms with E-state index in [9.17, 15) is 41.1 Å². The summed E-state index contributed by atoms with van der Waals surface area (Å²) >= 11 is 0. The molecule has 0 bridgehead atoms. The van der Waals surface area contributed by atoms with Crippen LogP contribution in [0.5, 0.6) is 5.75 Å². The zero-order chi connectivity index (χ0) is 24.9. The van der Waals surface area contributed by atoms with Crippen molar-refractivity contribution in [1.82, 2.24) is 4.90 Å². The lowest BCUT2D eigenvalue weighted by molar-refractivity contribution is -0.135. The molecule has 0 atom stereocenters. The third-order valence-corrected chi connectivity index (χ3v) is 4.92. The lowest BCUT2D eigenvalue weighted by Gasteiger charge is -2.27. The average molecular weight is 478 g/mol. The van der Waals surface area contributed by atoms with Gasteiger partial charge in [-0.05, 0) is 23.6 Å². The van der Waals surface area contributed by atoms with Crippen molar-refractivity contribution >= 4 is 40.2 Å². The Labute approximate surface area is 186 Å². The standard InChI is InChI=1S/C22H11F5N2O5/c1-8(30)28-10-5-9-3-2-4-11-14(9)12(6-10)22(33)29(21(11)32)7-13(31)34-20-18(26)16(24)15(23)17(25)19(20)27/h2-6H,7H2,1H3,(H,28,30). The van der Waals surface area contributed by atoms with E-state index >= 15 is 0 Å². The molecule has 34 heavy (non-hydrogen) atoms. The molecule has 3 amide bonds. The smallest absolute Gasteiger partial charge is 0.331 e. The summed E-state index contributed by atoms with van der Waals surface area (Å²) in [7, 11) is 0. The maximum atomic E-state index is 13.8. The van der Waals surface area contributed by atoms with Crippen molar-refractivity contribution in [1.29, 1.82) is 0 Å². The second-order valence-corrected chi connectivity index (χ2v) is 7.18. The Morgan fingerprint density at radius 2 is 1.47 bits per heavy atom. The number of anilines is 1. The van der Waals surface area contributed by atoms with Gasteiger partial charge in [0.2, 0.25) is 40.7 Å².